The molecule has 0 aliphatic rings. The van der Waals surface area contributed by atoms with Gasteiger partial charge in [0, 0.05) is 0 Å². The van der Waals surface area contributed by atoms with E-state index >= 15 is 0 Å². The van der Waals surface area contributed by atoms with Crippen LogP contribution in [0.15, 0.2) is 23.1 Å². The molecular weight excluding hydrogens is 363 g/mol. The average molecular weight is 395 g/mol. The van der Waals surface area contributed by atoms with Gasteiger partial charge in [-0.05, 0) is 25.0 Å². The molecule has 0 unspecified atom stereocenters. The third-order valence-electron chi connectivity index (χ3n) is 4.38. The van der Waals surface area contributed by atoms with Gasteiger partial charge in [-0.3, -0.25) is 4.55 Å². The fourth-order valence-corrected chi connectivity index (χ4v) is 3.42. The largest absolute Gasteiger partial charge is 1.00 e. The van der Waals surface area contributed by atoms with Crippen LogP contribution < -0.4 is 56.5 Å². The van der Waals surface area contributed by atoms with Gasteiger partial charge in [0.1, 0.15) is 0 Å². The molecule has 25 heavy (non-hydrogen) atoms. The minimum Gasteiger partial charge on any atom is -0.872 e. The third kappa shape index (κ3) is 11.8. The van der Waals surface area contributed by atoms with E-state index in [-0.39, 0.29) is 62.0 Å². The first kappa shape index (κ1) is 25.6. The smallest absolute Gasteiger partial charge is 0.872 e. The Hall–Kier alpha value is 0.566. The zero-order chi connectivity index (χ0) is 17.8. The molecule has 0 saturated carbocycles. The summed E-state index contributed by atoms with van der Waals surface area (Å²) in [5, 5.41) is 11.7. The predicted molar refractivity (Wildman–Crippen MR) is 95.9 cm³/mol. The molecule has 0 heterocycles. The molecule has 1 aromatic rings. The van der Waals surface area contributed by atoms with Crippen molar-refractivity contribution in [1.29, 1.82) is 0 Å². The van der Waals surface area contributed by atoms with Gasteiger partial charge < -0.3 is 5.11 Å². The van der Waals surface area contributed by atoms with Gasteiger partial charge in [0.25, 0.3) is 10.1 Å². The molecule has 1 N–H and O–H groups in total. The minimum atomic E-state index is -4.24. The molecule has 0 bridgehead atoms. The molecule has 4 nitrogen and oxygen atoms in total. The van der Waals surface area contributed by atoms with Crippen molar-refractivity contribution < 1.29 is 69.5 Å². The van der Waals surface area contributed by atoms with Gasteiger partial charge in [0.05, 0.1) is 4.90 Å². The molecule has 138 valence electrons. The van der Waals surface area contributed by atoms with Crippen LogP contribution in [0.4, 0.5) is 0 Å². The maximum absolute atomic E-state index is 11.7. The first-order chi connectivity index (χ1) is 11.4. The molecule has 0 atom stereocenters. The number of aryl methyl sites for hydroxylation is 1. The van der Waals surface area contributed by atoms with Crippen LogP contribution >= 0.6 is 0 Å². The van der Waals surface area contributed by atoms with Gasteiger partial charge in [-0.2, -0.15) is 8.42 Å². The molecule has 0 saturated heterocycles. The number of rotatable bonds is 13. The normalized spacial score (nSPS) is 11.3. The summed E-state index contributed by atoms with van der Waals surface area (Å²) >= 11 is 0. The number of hydrogen-bond acceptors (Lipinski definition) is 3. The van der Waals surface area contributed by atoms with E-state index in [1.165, 1.54) is 63.5 Å². The Morgan fingerprint density at radius 3 is 1.84 bits per heavy atom. The third-order valence-corrected chi connectivity index (χ3v) is 5.23. The van der Waals surface area contributed by atoms with Crippen molar-refractivity contribution in [2.24, 2.45) is 0 Å². The van der Waals surface area contributed by atoms with E-state index in [0.29, 0.717) is 12.0 Å². The first-order valence-electron chi connectivity index (χ1n) is 9.22. The maximum atomic E-state index is 11.7. The van der Waals surface area contributed by atoms with Crippen LogP contribution in [-0.4, -0.2) is 13.0 Å². The van der Waals surface area contributed by atoms with Crippen LogP contribution in [-0.2, 0) is 16.5 Å². The standard InChI is InChI=1S/C19H32O4S.K/c1-2-3-4-5-6-7-8-9-10-11-12-13-17-16-18(24(21,22)23)14-15-19(17)20;/h14-16,20H,2-13H2,1H3,(H,21,22,23);/q;+1/p-1. The second-order valence-corrected chi connectivity index (χ2v) is 7.95. The number of benzene rings is 1. The molecule has 0 aliphatic carbocycles. The van der Waals surface area contributed by atoms with Gasteiger partial charge in [-0.1, -0.05) is 82.8 Å². The van der Waals surface area contributed by atoms with Crippen LogP contribution in [0.2, 0.25) is 0 Å². The predicted octanol–water partition coefficient (Wildman–Crippen LogP) is 1.86. The van der Waals surface area contributed by atoms with Crippen molar-refractivity contribution in [1.82, 2.24) is 0 Å². The van der Waals surface area contributed by atoms with Gasteiger partial charge in [-0.25, -0.2) is 0 Å². The summed E-state index contributed by atoms with van der Waals surface area (Å²) in [6, 6.07) is 3.67. The Labute approximate surface area is 196 Å². The summed E-state index contributed by atoms with van der Waals surface area (Å²) in [5.41, 5.74) is 0.473. The van der Waals surface area contributed by atoms with E-state index in [2.05, 4.69) is 6.92 Å². The molecule has 0 amide bonds. The van der Waals surface area contributed by atoms with Crippen molar-refractivity contribution >= 4 is 10.1 Å². The maximum Gasteiger partial charge on any atom is 1.00 e. The molecule has 0 aromatic heterocycles. The monoisotopic (exact) mass is 394 g/mol. The Kier molecular flexibility index (Phi) is 14.9. The fourth-order valence-electron chi connectivity index (χ4n) is 2.89. The Morgan fingerprint density at radius 1 is 0.880 bits per heavy atom. The van der Waals surface area contributed by atoms with Crippen LogP contribution in [0.25, 0.3) is 0 Å². The van der Waals surface area contributed by atoms with E-state index < -0.39 is 10.1 Å². The van der Waals surface area contributed by atoms with Crippen molar-refractivity contribution in [2.45, 2.75) is 88.9 Å². The average Bonchev–Trinajstić information content (AvgIpc) is 2.53. The van der Waals surface area contributed by atoms with E-state index in [1.807, 2.05) is 0 Å². The SMILES string of the molecule is CCCCCCCCCCCCCc1cc(S(=O)(=O)O)ccc1[O-].[K+]. The van der Waals surface area contributed by atoms with Crippen molar-refractivity contribution in [2.75, 3.05) is 0 Å². The topological polar surface area (TPSA) is 77.4 Å². The van der Waals surface area contributed by atoms with Crippen LogP contribution in [0.5, 0.6) is 5.75 Å². The second kappa shape index (κ2) is 14.6. The van der Waals surface area contributed by atoms with Crippen LogP contribution in [0.3, 0.4) is 0 Å². The van der Waals surface area contributed by atoms with Crippen LogP contribution in [0, 0.1) is 0 Å². The summed E-state index contributed by atoms with van der Waals surface area (Å²) in [6.45, 7) is 2.23. The molecule has 0 radical (unpaired) electrons. The van der Waals surface area contributed by atoms with Gasteiger partial charge >= 0.3 is 51.4 Å². The van der Waals surface area contributed by atoms with Crippen LogP contribution in [0.1, 0.15) is 83.1 Å². The quantitative estimate of drug-likeness (QED) is 0.315. The van der Waals surface area contributed by atoms with E-state index in [4.69, 9.17) is 4.55 Å². The zero-order valence-electron chi connectivity index (χ0n) is 15.8. The summed E-state index contributed by atoms with van der Waals surface area (Å²) in [6.07, 6.45) is 14.1. The molecular formula is C19H31KO4S. The summed E-state index contributed by atoms with van der Waals surface area (Å²) in [7, 11) is -4.24. The molecule has 1 aromatic carbocycles. The molecule has 1 rings (SSSR count). The molecule has 0 fully saturated rings. The van der Waals surface area contributed by atoms with Crippen molar-refractivity contribution in [3.63, 3.8) is 0 Å². The fraction of sp³-hybridized carbons (Fsp3) is 0.684. The zero-order valence-corrected chi connectivity index (χ0v) is 19.7. The summed E-state index contributed by atoms with van der Waals surface area (Å²) < 4.78 is 31.3. The Balaban J connectivity index is 0.00000576. The number of unbranched alkanes of at least 4 members (excludes halogenated alkanes) is 10. The Bertz CT molecular complexity index is 573. The number of hydrogen-bond donors (Lipinski definition) is 1. The molecule has 0 aliphatic heterocycles. The van der Waals surface area contributed by atoms with Crippen molar-refractivity contribution in [3.05, 3.63) is 23.8 Å². The molecule has 6 heteroatoms. The van der Waals surface area contributed by atoms with Crippen molar-refractivity contribution in [3.8, 4) is 5.75 Å². The van der Waals surface area contributed by atoms with Gasteiger partial charge in [0.2, 0.25) is 0 Å². The van der Waals surface area contributed by atoms with Gasteiger partial charge in [-0.15, -0.1) is 5.75 Å². The van der Waals surface area contributed by atoms with E-state index in [0.717, 1.165) is 25.3 Å². The Morgan fingerprint density at radius 2 is 1.36 bits per heavy atom. The van der Waals surface area contributed by atoms with E-state index in [1.54, 1.807) is 0 Å². The minimum absolute atomic E-state index is 0. The first-order valence-corrected chi connectivity index (χ1v) is 10.7. The van der Waals surface area contributed by atoms with E-state index in [9.17, 15) is 13.5 Å². The second-order valence-electron chi connectivity index (χ2n) is 6.53. The molecule has 0 spiro atoms. The van der Waals surface area contributed by atoms with Gasteiger partial charge in [0.15, 0.2) is 0 Å². The summed E-state index contributed by atoms with van der Waals surface area (Å²) in [4.78, 5) is -0.194. The summed E-state index contributed by atoms with van der Waals surface area (Å²) in [5.74, 6) is -0.158.